The van der Waals surface area contributed by atoms with E-state index in [9.17, 15) is 9.18 Å². The summed E-state index contributed by atoms with van der Waals surface area (Å²) in [5.41, 5.74) is 6.07. The van der Waals surface area contributed by atoms with Crippen molar-refractivity contribution in [2.45, 2.75) is 12.6 Å². The zero-order valence-corrected chi connectivity index (χ0v) is 10.5. The zero-order valence-electron chi connectivity index (χ0n) is 10.5. The molecular weight excluding hydrogens is 265 g/mol. The summed E-state index contributed by atoms with van der Waals surface area (Å²) in [7, 11) is 0. The average molecular weight is 279 g/mol. The van der Waals surface area contributed by atoms with E-state index < -0.39 is 18.6 Å². The normalized spacial score (nSPS) is 12.2. The summed E-state index contributed by atoms with van der Waals surface area (Å²) in [5.74, 6) is -0.661. The van der Waals surface area contributed by atoms with Gasteiger partial charge in [-0.15, -0.1) is 5.10 Å². The number of hydrogen-bond acceptors (Lipinski definition) is 5. The Morgan fingerprint density at radius 2 is 2.35 bits per heavy atom. The Bertz CT molecular complexity index is 601. The van der Waals surface area contributed by atoms with E-state index in [2.05, 4.69) is 15.6 Å². The minimum atomic E-state index is -1.01. The third-order valence-corrected chi connectivity index (χ3v) is 2.56. The zero-order chi connectivity index (χ0) is 14.5. The number of anilines is 1. The molecule has 1 heterocycles. The van der Waals surface area contributed by atoms with Crippen molar-refractivity contribution in [1.82, 2.24) is 15.0 Å². The third kappa shape index (κ3) is 3.59. The number of rotatable bonds is 5. The smallest absolute Gasteiger partial charge is 0.244 e. The first-order valence-corrected chi connectivity index (χ1v) is 5.90. The largest absolute Gasteiger partial charge is 0.394 e. The Labute approximate surface area is 114 Å². The van der Waals surface area contributed by atoms with Crippen LogP contribution in [0.1, 0.15) is 5.56 Å². The number of benzene rings is 1. The summed E-state index contributed by atoms with van der Waals surface area (Å²) in [4.78, 5) is 11.4. The Morgan fingerprint density at radius 3 is 3.05 bits per heavy atom. The van der Waals surface area contributed by atoms with Gasteiger partial charge in [-0.1, -0.05) is 17.3 Å². The van der Waals surface area contributed by atoms with E-state index in [1.54, 1.807) is 12.1 Å². The van der Waals surface area contributed by atoms with E-state index in [4.69, 9.17) is 10.8 Å². The molecule has 0 bridgehead atoms. The highest BCUT2D eigenvalue weighted by molar-refractivity contribution is 5.93. The molecule has 106 valence electrons. The van der Waals surface area contributed by atoms with Gasteiger partial charge in [-0.25, -0.2) is 9.07 Å². The second-order valence-corrected chi connectivity index (χ2v) is 4.21. The van der Waals surface area contributed by atoms with Gasteiger partial charge in [0, 0.05) is 0 Å². The SMILES string of the molecule is N[C@H](CO)C(=O)Nc1cn(Cc2cccc(F)c2)nn1. The summed E-state index contributed by atoms with van der Waals surface area (Å²) in [5, 5.41) is 18.7. The number of nitrogens with zero attached hydrogens (tertiary/aromatic N) is 3. The molecule has 0 radical (unpaired) electrons. The van der Waals surface area contributed by atoms with Gasteiger partial charge < -0.3 is 16.2 Å². The van der Waals surface area contributed by atoms with Gasteiger partial charge in [0.2, 0.25) is 5.91 Å². The van der Waals surface area contributed by atoms with Crippen molar-refractivity contribution in [3.63, 3.8) is 0 Å². The van der Waals surface area contributed by atoms with E-state index >= 15 is 0 Å². The van der Waals surface area contributed by atoms with E-state index in [0.29, 0.717) is 6.54 Å². The van der Waals surface area contributed by atoms with E-state index in [1.807, 2.05) is 0 Å². The quantitative estimate of drug-likeness (QED) is 0.698. The molecule has 1 aromatic carbocycles. The molecule has 0 fully saturated rings. The third-order valence-electron chi connectivity index (χ3n) is 2.56. The van der Waals surface area contributed by atoms with E-state index in [1.165, 1.54) is 23.0 Å². The van der Waals surface area contributed by atoms with Crippen LogP contribution >= 0.6 is 0 Å². The molecule has 7 nitrogen and oxygen atoms in total. The highest BCUT2D eigenvalue weighted by Gasteiger charge is 2.13. The molecule has 0 spiro atoms. The van der Waals surface area contributed by atoms with Crippen LogP contribution in [-0.2, 0) is 11.3 Å². The molecule has 0 aliphatic heterocycles. The van der Waals surface area contributed by atoms with Gasteiger partial charge >= 0.3 is 0 Å². The monoisotopic (exact) mass is 279 g/mol. The summed E-state index contributed by atoms with van der Waals surface area (Å²) in [6, 6.07) is 5.09. The van der Waals surface area contributed by atoms with Gasteiger partial charge in [0.25, 0.3) is 0 Å². The maximum atomic E-state index is 13.0. The molecule has 1 amide bonds. The summed E-state index contributed by atoms with van der Waals surface area (Å²) in [6.07, 6.45) is 1.49. The maximum Gasteiger partial charge on any atom is 0.244 e. The van der Waals surface area contributed by atoms with Gasteiger partial charge in [-0.2, -0.15) is 0 Å². The predicted molar refractivity (Wildman–Crippen MR) is 69.2 cm³/mol. The average Bonchev–Trinajstić information content (AvgIpc) is 2.85. The van der Waals surface area contributed by atoms with Crippen LogP contribution in [0.3, 0.4) is 0 Å². The lowest BCUT2D eigenvalue weighted by Gasteiger charge is -2.06. The summed E-state index contributed by atoms with van der Waals surface area (Å²) in [6.45, 7) is -0.129. The minimum absolute atomic E-state index is 0.218. The Balaban J connectivity index is 2.00. The molecular formula is C12H14FN5O2. The number of aromatic nitrogens is 3. The molecule has 0 aliphatic rings. The van der Waals surface area contributed by atoms with Crippen LogP contribution in [0.2, 0.25) is 0 Å². The number of nitrogens with one attached hydrogen (secondary N) is 1. The lowest BCUT2D eigenvalue weighted by Crippen LogP contribution is -2.38. The van der Waals surface area contributed by atoms with Gasteiger partial charge in [0.1, 0.15) is 11.9 Å². The van der Waals surface area contributed by atoms with Crippen LogP contribution in [0.25, 0.3) is 0 Å². The topological polar surface area (TPSA) is 106 Å². The Kier molecular flexibility index (Phi) is 4.38. The second kappa shape index (κ2) is 6.22. The molecule has 1 atom stereocenters. The van der Waals surface area contributed by atoms with Crippen molar-refractivity contribution in [2.75, 3.05) is 11.9 Å². The number of halogens is 1. The Hall–Kier alpha value is -2.32. The first kappa shape index (κ1) is 14.1. The number of aliphatic hydroxyl groups excluding tert-OH is 1. The van der Waals surface area contributed by atoms with Crippen molar-refractivity contribution in [3.8, 4) is 0 Å². The lowest BCUT2D eigenvalue weighted by atomic mass is 10.2. The molecule has 0 saturated carbocycles. The second-order valence-electron chi connectivity index (χ2n) is 4.21. The highest BCUT2D eigenvalue weighted by atomic mass is 19.1. The van der Waals surface area contributed by atoms with Crippen molar-refractivity contribution >= 4 is 11.7 Å². The van der Waals surface area contributed by atoms with Gasteiger partial charge in [-0.3, -0.25) is 4.79 Å². The van der Waals surface area contributed by atoms with E-state index in [-0.39, 0.29) is 11.6 Å². The molecule has 0 saturated heterocycles. The Morgan fingerprint density at radius 1 is 1.55 bits per heavy atom. The molecule has 20 heavy (non-hydrogen) atoms. The number of nitrogens with two attached hydrogens (primary N) is 1. The number of hydrogen-bond donors (Lipinski definition) is 3. The van der Waals surface area contributed by atoms with Gasteiger partial charge in [-0.05, 0) is 17.7 Å². The number of carbonyl (C=O) groups excluding carboxylic acids is 1. The van der Waals surface area contributed by atoms with Crippen LogP contribution in [0.4, 0.5) is 10.2 Å². The number of amides is 1. The van der Waals surface area contributed by atoms with Crippen LogP contribution in [0.15, 0.2) is 30.5 Å². The van der Waals surface area contributed by atoms with Crippen molar-refractivity contribution in [2.24, 2.45) is 5.73 Å². The molecule has 1 aromatic heterocycles. The van der Waals surface area contributed by atoms with Crippen LogP contribution in [0, 0.1) is 5.82 Å². The highest BCUT2D eigenvalue weighted by Crippen LogP contribution is 2.07. The van der Waals surface area contributed by atoms with Crippen molar-refractivity contribution in [3.05, 3.63) is 41.8 Å². The standard InChI is InChI=1S/C12H14FN5O2/c13-9-3-1-2-8(4-9)5-18-6-11(16-17-18)15-12(20)10(14)7-19/h1-4,6,10,19H,5,7,14H2,(H,15,20)/t10-/m1/s1. The first-order valence-electron chi connectivity index (χ1n) is 5.90. The molecule has 8 heteroatoms. The minimum Gasteiger partial charge on any atom is -0.394 e. The fourth-order valence-electron chi connectivity index (χ4n) is 1.56. The predicted octanol–water partition coefficient (Wildman–Crippen LogP) is -0.276. The molecule has 2 rings (SSSR count). The van der Waals surface area contributed by atoms with Gasteiger partial charge in [0.05, 0.1) is 19.3 Å². The number of aliphatic hydroxyl groups is 1. The first-order chi connectivity index (χ1) is 9.58. The van der Waals surface area contributed by atoms with E-state index in [0.717, 1.165) is 5.56 Å². The maximum absolute atomic E-state index is 13.0. The molecule has 4 N–H and O–H groups in total. The number of carbonyl (C=O) groups is 1. The lowest BCUT2D eigenvalue weighted by molar-refractivity contribution is -0.118. The van der Waals surface area contributed by atoms with Gasteiger partial charge in [0.15, 0.2) is 5.82 Å². The summed E-state index contributed by atoms with van der Waals surface area (Å²) >= 11 is 0. The van der Waals surface area contributed by atoms with Crippen molar-refractivity contribution in [1.29, 1.82) is 0 Å². The fourth-order valence-corrected chi connectivity index (χ4v) is 1.56. The van der Waals surface area contributed by atoms with Crippen LogP contribution in [-0.4, -0.2) is 38.7 Å². The summed E-state index contributed by atoms with van der Waals surface area (Å²) < 4.78 is 14.5. The molecule has 2 aromatic rings. The van der Waals surface area contributed by atoms with Crippen LogP contribution < -0.4 is 11.1 Å². The van der Waals surface area contributed by atoms with Crippen LogP contribution in [0.5, 0.6) is 0 Å². The molecule has 0 unspecified atom stereocenters. The van der Waals surface area contributed by atoms with Crippen molar-refractivity contribution < 1.29 is 14.3 Å². The molecule has 0 aliphatic carbocycles. The fraction of sp³-hybridized carbons (Fsp3) is 0.250.